The number of nitrogens with one attached hydrogen (secondary N) is 2. The number of halogens is 1. The Balaban J connectivity index is 1.44. The van der Waals surface area contributed by atoms with Crippen molar-refractivity contribution >= 4 is 40.7 Å². The predicted molar refractivity (Wildman–Crippen MR) is 169 cm³/mol. The molecule has 1 heterocycles. The van der Waals surface area contributed by atoms with Gasteiger partial charge in [0.05, 0.1) is 11.3 Å². The van der Waals surface area contributed by atoms with Gasteiger partial charge >= 0.3 is 0 Å². The van der Waals surface area contributed by atoms with Crippen LogP contribution in [0.2, 0.25) is 0 Å². The molecule has 0 fully saturated rings. The molecule has 8 nitrogen and oxygen atoms in total. The van der Waals surface area contributed by atoms with E-state index in [0.717, 1.165) is 5.56 Å². The Morgan fingerprint density at radius 3 is 2.28 bits per heavy atom. The Morgan fingerprint density at radius 1 is 0.930 bits per heavy atom. The number of terminal acetylenes is 1. The van der Waals surface area contributed by atoms with Crippen molar-refractivity contribution in [3.63, 3.8) is 0 Å². The highest BCUT2D eigenvalue weighted by molar-refractivity contribution is 6.36. The van der Waals surface area contributed by atoms with Gasteiger partial charge in [-0.1, -0.05) is 53.9 Å². The number of nitrogens with zero attached hydrogens (tertiary/aromatic N) is 2. The Bertz CT molecular complexity index is 1760. The molecule has 0 saturated carbocycles. The van der Waals surface area contributed by atoms with E-state index in [2.05, 4.69) is 21.7 Å². The summed E-state index contributed by atoms with van der Waals surface area (Å²) in [5, 5.41) is 10.6. The van der Waals surface area contributed by atoms with E-state index in [1.54, 1.807) is 104 Å². The molecule has 3 aromatic carbocycles. The van der Waals surface area contributed by atoms with Gasteiger partial charge in [0.2, 0.25) is 0 Å². The second-order valence-electron chi connectivity index (χ2n) is 9.29. The van der Waals surface area contributed by atoms with Crippen LogP contribution in [0.5, 0.6) is 5.75 Å². The van der Waals surface area contributed by atoms with E-state index in [1.807, 2.05) is 12.1 Å². The first-order valence-corrected chi connectivity index (χ1v) is 13.7. The van der Waals surface area contributed by atoms with Crippen LogP contribution >= 0.6 is 11.6 Å². The minimum absolute atomic E-state index is 0.139. The van der Waals surface area contributed by atoms with Gasteiger partial charge in [-0.25, -0.2) is 0 Å². The van der Waals surface area contributed by atoms with Crippen molar-refractivity contribution in [1.82, 2.24) is 9.78 Å². The largest absolute Gasteiger partial charge is 0.481 e. The molecule has 4 rings (SSSR count). The van der Waals surface area contributed by atoms with Crippen LogP contribution in [0, 0.1) is 12.3 Å². The lowest BCUT2D eigenvalue weighted by Crippen LogP contribution is -2.15. The Kier molecular flexibility index (Phi) is 9.94. The Morgan fingerprint density at radius 2 is 1.63 bits per heavy atom. The van der Waals surface area contributed by atoms with Crippen LogP contribution in [-0.2, 0) is 11.8 Å². The van der Waals surface area contributed by atoms with Crippen molar-refractivity contribution in [3.05, 3.63) is 118 Å². The third-order valence-corrected chi connectivity index (χ3v) is 6.85. The number of amides is 2. The summed E-state index contributed by atoms with van der Waals surface area (Å²) in [7, 11) is 1.72. The topological polar surface area (TPSA) is 102 Å². The summed E-state index contributed by atoms with van der Waals surface area (Å²) in [6.07, 6.45) is 8.52. The van der Waals surface area contributed by atoms with Gasteiger partial charge in [-0.15, -0.1) is 6.42 Å². The number of benzene rings is 3. The second kappa shape index (κ2) is 14.0. The van der Waals surface area contributed by atoms with Crippen LogP contribution in [0.4, 0.5) is 11.5 Å². The molecule has 2 amide bonds. The van der Waals surface area contributed by atoms with Crippen LogP contribution in [0.3, 0.4) is 0 Å². The monoisotopic (exact) mass is 592 g/mol. The summed E-state index contributed by atoms with van der Waals surface area (Å²) >= 11 is 6.12. The van der Waals surface area contributed by atoms with Crippen LogP contribution < -0.4 is 15.4 Å². The minimum atomic E-state index is -0.389. The number of anilines is 2. The molecule has 0 aliphatic carbocycles. The highest BCUT2D eigenvalue weighted by atomic mass is 35.5. The van der Waals surface area contributed by atoms with Crippen LogP contribution in [0.25, 0.3) is 11.3 Å². The smallest absolute Gasteiger partial charge is 0.256 e. The molecule has 0 radical (unpaired) electrons. The second-order valence-corrected chi connectivity index (χ2v) is 9.70. The highest BCUT2D eigenvalue weighted by Gasteiger charge is 2.16. The van der Waals surface area contributed by atoms with Crippen molar-refractivity contribution < 1.29 is 19.1 Å². The van der Waals surface area contributed by atoms with E-state index in [0.29, 0.717) is 50.2 Å². The summed E-state index contributed by atoms with van der Waals surface area (Å²) in [6.45, 7) is 3.65. The first-order valence-electron chi connectivity index (χ1n) is 13.3. The zero-order valence-electron chi connectivity index (χ0n) is 23.9. The fraction of sp³-hybridized carbons (Fsp3) is 0.118. The number of hydrogen-bond donors (Lipinski definition) is 2. The molecular formula is C34H29ClN4O4. The molecule has 0 saturated heterocycles. The number of carbonyl (C=O) groups is 3. The number of carbonyl (C=O) groups excluding carboxylic acids is 3. The van der Waals surface area contributed by atoms with Gasteiger partial charge < -0.3 is 15.4 Å². The molecule has 0 bridgehead atoms. The van der Waals surface area contributed by atoms with Crippen molar-refractivity contribution in [2.75, 3.05) is 17.2 Å². The van der Waals surface area contributed by atoms with Crippen molar-refractivity contribution in [1.29, 1.82) is 0 Å². The Hall–Kier alpha value is -5.39. The summed E-state index contributed by atoms with van der Waals surface area (Å²) in [4.78, 5) is 38.7. The fourth-order valence-corrected chi connectivity index (χ4v) is 4.36. The zero-order valence-corrected chi connectivity index (χ0v) is 24.6. The van der Waals surface area contributed by atoms with E-state index >= 15 is 0 Å². The molecule has 0 aliphatic heterocycles. The number of aromatic nitrogens is 2. The number of hydrogen-bond acceptors (Lipinski definition) is 5. The first kappa shape index (κ1) is 30.6. The maximum absolute atomic E-state index is 13.1. The molecule has 1 aromatic heterocycles. The van der Waals surface area contributed by atoms with Gasteiger partial charge in [-0.3, -0.25) is 19.1 Å². The maximum atomic E-state index is 13.1. The fourth-order valence-electron chi connectivity index (χ4n) is 4.17. The molecule has 43 heavy (non-hydrogen) atoms. The molecule has 0 spiro atoms. The highest BCUT2D eigenvalue weighted by Crippen LogP contribution is 2.25. The van der Waals surface area contributed by atoms with Crippen molar-refractivity contribution in [2.24, 2.45) is 7.05 Å². The van der Waals surface area contributed by atoms with Crippen LogP contribution in [-0.4, -0.2) is 34.0 Å². The number of rotatable bonds is 10. The van der Waals surface area contributed by atoms with Crippen LogP contribution in [0.1, 0.15) is 40.1 Å². The zero-order chi connectivity index (χ0) is 30.9. The van der Waals surface area contributed by atoms with E-state index in [-0.39, 0.29) is 24.2 Å². The first-order chi connectivity index (χ1) is 20.7. The lowest BCUT2D eigenvalue weighted by atomic mass is 10.0. The molecule has 216 valence electrons. The van der Waals surface area contributed by atoms with Crippen molar-refractivity contribution in [2.45, 2.75) is 13.8 Å². The average Bonchev–Trinajstić information content (AvgIpc) is 3.39. The summed E-state index contributed by atoms with van der Waals surface area (Å²) in [5.41, 5.74) is 3.54. The van der Waals surface area contributed by atoms with Gasteiger partial charge in [-0.05, 0) is 62.4 Å². The lowest BCUT2D eigenvalue weighted by molar-refractivity contribution is -0.112. The molecule has 0 atom stereocenters. The SMILES string of the molecule is C#CCOc1ccc(C(=O)c2cccc(C(=O)Nc3cc(-c4ccc(NC(=O)C(=C/C)/C(Cl)=C\C)cc4)nn3C)c2)cc1. The summed E-state index contributed by atoms with van der Waals surface area (Å²) in [6, 6.07) is 22.0. The number of aryl methyl sites for hydroxylation is 1. The van der Waals surface area contributed by atoms with E-state index in [1.165, 1.54) is 0 Å². The number of ketones is 1. The van der Waals surface area contributed by atoms with Gasteiger partial charge in [-0.2, -0.15) is 5.10 Å². The lowest BCUT2D eigenvalue weighted by Gasteiger charge is -2.08. The molecule has 4 aromatic rings. The number of ether oxygens (including phenoxy) is 1. The van der Waals surface area contributed by atoms with Crippen LogP contribution in [0.15, 0.2) is 102 Å². The molecular weight excluding hydrogens is 564 g/mol. The van der Waals surface area contributed by atoms with E-state index in [9.17, 15) is 14.4 Å². The van der Waals surface area contributed by atoms with Crippen molar-refractivity contribution in [3.8, 4) is 29.4 Å². The maximum Gasteiger partial charge on any atom is 0.256 e. The average molecular weight is 593 g/mol. The molecule has 9 heteroatoms. The number of allylic oxidation sites excluding steroid dienone is 2. The Labute approximate surface area is 255 Å². The predicted octanol–water partition coefficient (Wildman–Crippen LogP) is 6.61. The van der Waals surface area contributed by atoms with E-state index < -0.39 is 0 Å². The third-order valence-electron chi connectivity index (χ3n) is 6.43. The molecule has 2 N–H and O–H groups in total. The van der Waals surface area contributed by atoms with Gasteiger partial charge in [0.15, 0.2) is 5.78 Å². The van der Waals surface area contributed by atoms with Gasteiger partial charge in [0.25, 0.3) is 11.8 Å². The molecule has 0 unspecified atom stereocenters. The van der Waals surface area contributed by atoms with E-state index in [4.69, 9.17) is 22.8 Å². The standard InChI is InChI=1S/C34H29ClN4O4/c1-5-19-43-27-17-13-23(14-18-27)32(40)24-9-8-10-25(20-24)33(41)37-31-21-30(38-39(31)4)22-11-15-26(16-12-22)36-34(42)28(6-2)29(35)7-3/h1,6-18,20-21H,19H2,2-4H3,(H,36,42)(H,37,41)/b28-6+,29-7+. The minimum Gasteiger partial charge on any atom is -0.481 e. The normalized spacial score (nSPS) is 11.4. The quantitative estimate of drug-likeness (QED) is 0.0933. The summed E-state index contributed by atoms with van der Waals surface area (Å²) in [5.74, 6) is 2.50. The molecule has 0 aliphatic rings. The third kappa shape index (κ3) is 7.47. The summed E-state index contributed by atoms with van der Waals surface area (Å²) < 4.78 is 6.91. The van der Waals surface area contributed by atoms with Gasteiger partial charge in [0, 0.05) is 46.1 Å². The van der Waals surface area contributed by atoms with Gasteiger partial charge in [0.1, 0.15) is 18.2 Å².